The summed E-state index contributed by atoms with van der Waals surface area (Å²) in [6.45, 7) is 4.83. The van der Waals surface area contributed by atoms with Gasteiger partial charge in [-0.05, 0) is 42.9 Å². The molecule has 0 bridgehead atoms. The zero-order chi connectivity index (χ0) is 21.5. The van der Waals surface area contributed by atoms with Gasteiger partial charge >= 0.3 is 6.61 Å². The number of imidazole rings is 1. The highest BCUT2D eigenvalue weighted by Crippen LogP contribution is 2.20. The molecular formula is C22H26F2N4O2. The van der Waals surface area contributed by atoms with Crippen LogP contribution >= 0.6 is 0 Å². The SMILES string of the molecule is CCN(CC)CCn1c(NC(=O)Cc2ccc(OC(F)F)cc2)nc2ccccc21. The van der Waals surface area contributed by atoms with Crippen LogP contribution in [0.1, 0.15) is 19.4 Å². The topological polar surface area (TPSA) is 59.4 Å². The zero-order valence-electron chi connectivity index (χ0n) is 17.1. The van der Waals surface area contributed by atoms with Crippen molar-refractivity contribution >= 4 is 22.9 Å². The number of aromatic nitrogens is 2. The number of alkyl halides is 2. The van der Waals surface area contributed by atoms with E-state index >= 15 is 0 Å². The molecule has 0 spiro atoms. The number of fused-ring (bicyclic) bond motifs is 1. The molecule has 0 aliphatic carbocycles. The van der Waals surface area contributed by atoms with Gasteiger partial charge in [0.05, 0.1) is 17.5 Å². The van der Waals surface area contributed by atoms with Crippen molar-refractivity contribution in [2.75, 3.05) is 25.0 Å². The van der Waals surface area contributed by atoms with E-state index in [0.717, 1.165) is 30.7 Å². The molecule has 1 N–H and O–H groups in total. The molecule has 1 aromatic heterocycles. The maximum absolute atomic E-state index is 12.6. The van der Waals surface area contributed by atoms with Gasteiger partial charge < -0.3 is 14.2 Å². The minimum Gasteiger partial charge on any atom is -0.435 e. The molecule has 0 aliphatic rings. The molecule has 0 atom stereocenters. The van der Waals surface area contributed by atoms with Gasteiger partial charge in [0, 0.05) is 13.1 Å². The molecule has 6 nitrogen and oxygen atoms in total. The highest BCUT2D eigenvalue weighted by atomic mass is 19.3. The van der Waals surface area contributed by atoms with Crippen molar-refractivity contribution in [2.24, 2.45) is 0 Å². The number of benzene rings is 2. The lowest BCUT2D eigenvalue weighted by atomic mass is 10.1. The van der Waals surface area contributed by atoms with Crippen LogP contribution in [0.4, 0.5) is 14.7 Å². The number of hydrogen-bond acceptors (Lipinski definition) is 4. The van der Waals surface area contributed by atoms with Crippen molar-refractivity contribution in [2.45, 2.75) is 33.4 Å². The number of rotatable bonds is 10. The van der Waals surface area contributed by atoms with Crippen molar-refractivity contribution in [1.82, 2.24) is 14.5 Å². The Bertz CT molecular complexity index is 969. The van der Waals surface area contributed by atoms with Gasteiger partial charge in [-0.3, -0.25) is 10.1 Å². The van der Waals surface area contributed by atoms with Crippen LogP contribution in [0.25, 0.3) is 11.0 Å². The molecule has 0 saturated carbocycles. The molecular weight excluding hydrogens is 390 g/mol. The summed E-state index contributed by atoms with van der Waals surface area (Å²) in [5.74, 6) is 0.343. The van der Waals surface area contributed by atoms with Gasteiger partial charge in [-0.1, -0.05) is 38.1 Å². The molecule has 160 valence electrons. The molecule has 3 aromatic rings. The van der Waals surface area contributed by atoms with Crippen molar-refractivity contribution in [3.05, 3.63) is 54.1 Å². The summed E-state index contributed by atoms with van der Waals surface area (Å²) >= 11 is 0. The summed E-state index contributed by atoms with van der Waals surface area (Å²) in [6, 6.07) is 13.8. The standard InChI is InChI=1S/C22H26F2N4O2/c1-3-27(4-2)13-14-28-19-8-6-5-7-18(19)25-22(28)26-20(29)15-16-9-11-17(12-10-16)30-21(23)24/h5-12,21H,3-4,13-15H2,1-2H3,(H,25,26,29). The van der Waals surface area contributed by atoms with Crippen molar-refractivity contribution in [1.29, 1.82) is 0 Å². The van der Waals surface area contributed by atoms with E-state index in [1.807, 2.05) is 28.8 Å². The Morgan fingerprint density at radius 2 is 1.83 bits per heavy atom. The molecule has 0 saturated heterocycles. The average molecular weight is 416 g/mol. The summed E-state index contributed by atoms with van der Waals surface area (Å²) in [4.78, 5) is 19.5. The number of carbonyl (C=O) groups excluding carboxylic acids is 1. The van der Waals surface area contributed by atoms with Crippen LogP contribution in [0.15, 0.2) is 48.5 Å². The van der Waals surface area contributed by atoms with Crippen molar-refractivity contribution < 1.29 is 18.3 Å². The Morgan fingerprint density at radius 3 is 2.50 bits per heavy atom. The molecule has 0 unspecified atom stereocenters. The van der Waals surface area contributed by atoms with Gasteiger partial charge in [0.2, 0.25) is 11.9 Å². The zero-order valence-corrected chi connectivity index (χ0v) is 17.1. The van der Waals surface area contributed by atoms with Gasteiger partial charge in [-0.15, -0.1) is 0 Å². The van der Waals surface area contributed by atoms with Gasteiger partial charge in [0.15, 0.2) is 0 Å². The third-order valence-corrected chi connectivity index (χ3v) is 4.95. The summed E-state index contributed by atoms with van der Waals surface area (Å²) in [6.07, 6.45) is 0.105. The fraction of sp³-hybridized carbons (Fsp3) is 0.364. The second-order valence-corrected chi connectivity index (χ2v) is 6.85. The first-order chi connectivity index (χ1) is 14.5. The second kappa shape index (κ2) is 10.2. The molecule has 3 rings (SSSR count). The monoisotopic (exact) mass is 416 g/mol. The van der Waals surface area contributed by atoms with E-state index in [0.29, 0.717) is 18.1 Å². The smallest absolute Gasteiger partial charge is 0.387 e. The summed E-state index contributed by atoms with van der Waals surface area (Å²) in [7, 11) is 0. The maximum Gasteiger partial charge on any atom is 0.387 e. The minimum atomic E-state index is -2.87. The second-order valence-electron chi connectivity index (χ2n) is 6.85. The molecule has 2 aromatic carbocycles. The number of carbonyl (C=O) groups is 1. The average Bonchev–Trinajstić information content (AvgIpc) is 3.07. The minimum absolute atomic E-state index is 0.0624. The summed E-state index contributed by atoms with van der Waals surface area (Å²) in [5, 5.41) is 2.90. The lowest BCUT2D eigenvalue weighted by molar-refractivity contribution is -0.115. The first-order valence-corrected chi connectivity index (χ1v) is 10.0. The van der Waals surface area contributed by atoms with Gasteiger partial charge in [0.25, 0.3) is 0 Å². The van der Waals surface area contributed by atoms with E-state index in [1.165, 1.54) is 12.1 Å². The third-order valence-electron chi connectivity index (χ3n) is 4.95. The van der Waals surface area contributed by atoms with Crippen molar-refractivity contribution in [3.63, 3.8) is 0 Å². The number of nitrogens with zero attached hydrogens (tertiary/aromatic N) is 3. The number of halogens is 2. The van der Waals surface area contributed by atoms with E-state index in [2.05, 4.69) is 33.8 Å². The van der Waals surface area contributed by atoms with E-state index in [-0.39, 0.29) is 18.1 Å². The largest absolute Gasteiger partial charge is 0.435 e. The molecule has 1 amide bonds. The Kier molecular flexibility index (Phi) is 7.35. The Labute approximate surface area is 174 Å². The van der Waals surface area contributed by atoms with E-state index in [9.17, 15) is 13.6 Å². The fourth-order valence-electron chi connectivity index (χ4n) is 3.32. The van der Waals surface area contributed by atoms with Crippen LogP contribution in [0, 0.1) is 0 Å². The predicted molar refractivity (Wildman–Crippen MR) is 113 cm³/mol. The molecule has 1 heterocycles. The first kappa shape index (κ1) is 21.7. The highest BCUT2D eigenvalue weighted by molar-refractivity contribution is 5.92. The highest BCUT2D eigenvalue weighted by Gasteiger charge is 2.14. The first-order valence-electron chi connectivity index (χ1n) is 10.0. The van der Waals surface area contributed by atoms with E-state index < -0.39 is 6.61 Å². The number of likely N-dealkylation sites (N-methyl/N-ethyl adjacent to an activating group) is 1. The van der Waals surface area contributed by atoms with Crippen LogP contribution in [0.5, 0.6) is 5.75 Å². The molecule has 0 fully saturated rings. The maximum atomic E-state index is 12.6. The van der Waals surface area contributed by atoms with Gasteiger partial charge in [0.1, 0.15) is 5.75 Å². The molecule has 0 aliphatic heterocycles. The van der Waals surface area contributed by atoms with Crippen LogP contribution < -0.4 is 10.1 Å². The predicted octanol–water partition coefficient (Wildman–Crippen LogP) is 4.16. The van der Waals surface area contributed by atoms with Crippen molar-refractivity contribution in [3.8, 4) is 5.75 Å². The molecule has 8 heteroatoms. The molecule has 0 radical (unpaired) electrons. The number of para-hydroxylation sites is 2. The number of nitrogens with one attached hydrogen (secondary N) is 1. The number of amides is 1. The number of anilines is 1. The normalized spacial score (nSPS) is 11.4. The molecule has 30 heavy (non-hydrogen) atoms. The fourth-order valence-corrected chi connectivity index (χ4v) is 3.32. The van der Waals surface area contributed by atoms with Crippen LogP contribution in [-0.4, -0.2) is 46.6 Å². The Balaban J connectivity index is 1.72. The Morgan fingerprint density at radius 1 is 1.13 bits per heavy atom. The lowest BCUT2D eigenvalue weighted by Gasteiger charge is -2.19. The summed E-state index contributed by atoms with van der Waals surface area (Å²) < 4.78 is 30.9. The summed E-state index contributed by atoms with van der Waals surface area (Å²) in [5.41, 5.74) is 2.48. The van der Waals surface area contributed by atoms with Gasteiger partial charge in [-0.2, -0.15) is 8.78 Å². The quantitative estimate of drug-likeness (QED) is 0.539. The third kappa shape index (κ3) is 5.54. The van der Waals surface area contributed by atoms with E-state index in [4.69, 9.17) is 0 Å². The van der Waals surface area contributed by atoms with Crippen LogP contribution in [-0.2, 0) is 17.8 Å². The van der Waals surface area contributed by atoms with Gasteiger partial charge in [-0.25, -0.2) is 4.98 Å². The lowest BCUT2D eigenvalue weighted by Crippen LogP contribution is -2.28. The number of ether oxygens (including phenoxy) is 1. The van der Waals surface area contributed by atoms with E-state index in [1.54, 1.807) is 12.1 Å². The Hall–Kier alpha value is -3.00. The number of hydrogen-bond donors (Lipinski definition) is 1. The van der Waals surface area contributed by atoms with Crippen LogP contribution in [0.2, 0.25) is 0 Å². The van der Waals surface area contributed by atoms with Crippen LogP contribution in [0.3, 0.4) is 0 Å².